The Bertz CT molecular complexity index is 556. The first-order valence-corrected chi connectivity index (χ1v) is 9.39. The fraction of sp³-hybridized carbons (Fsp3) is 0.895. The lowest BCUT2D eigenvalue weighted by molar-refractivity contribution is -0.149. The topological polar surface area (TPSA) is 64.7 Å². The van der Waals surface area contributed by atoms with E-state index in [1.54, 1.807) is 0 Å². The number of hydrogen-bond donors (Lipinski definition) is 2. The lowest BCUT2D eigenvalue weighted by atomic mass is 9.87. The number of piperazine rings is 2. The molecule has 0 aromatic carbocycles. The van der Waals surface area contributed by atoms with Gasteiger partial charge in [0.2, 0.25) is 11.8 Å². The van der Waals surface area contributed by atoms with Crippen LogP contribution in [0.15, 0.2) is 0 Å². The molecule has 2 aliphatic rings. The first-order valence-electron chi connectivity index (χ1n) is 9.39. The number of amides is 2. The van der Waals surface area contributed by atoms with Crippen LogP contribution in [0.1, 0.15) is 61.8 Å². The van der Waals surface area contributed by atoms with Gasteiger partial charge in [0, 0.05) is 37.3 Å². The Kier molecular flexibility index (Phi) is 5.03. The summed E-state index contributed by atoms with van der Waals surface area (Å²) in [5, 5.41) is 6.90. The molecule has 0 radical (unpaired) electrons. The summed E-state index contributed by atoms with van der Waals surface area (Å²) in [5.41, 5.74) is -1.38. The summed E-state index contributed by atoms with van der Waals surface area (Å²) in [6.45, 7) is 18.8. The van der Waals surface area contributed by atoms with Gasteiger partial charge in [-0.1, -0.05) is 6.92 Å². The largest absolute Gasteiger partial charge is 0.338 e. The average molecular weight is 353 g/mol. The second-order valence-corrected chi connectivity index (χ2v) is 9.78. The molecule has 2 heterocycles. The van der Waals surface area contributed by atoms with E-state index in [4.69, 9.17) is 0 Å². The minimum Gasteiger partial charge on any atom is -0.338 e. The van der Waals surface area contributed by atoms with Gasteiger partial charge in [0.1, 0.15) is 0 Å². The molecule has 144 valence electrons. The summed E-state index contributed by atoms with van der Waals surface area (Å²) >= 11 is 0. The molecule has 0 spiro atoms. The molecule has 0 aromatic heterocycles. The van der Waals surface area contributed by atoms with E-state index in [1.807, 2.05) is 37.5 Å². The molecule has 1 unspecified atom stereocenters. The van der Waals surface area contributed by atoms with E-state index < -0.39 is 11.1 Å². The first kappa shape index (κ1) is 20.2. The lowest BCUT2D eigenvalue weighted by Crippen LogP contribution is -2.72. The lowest BCUT2D eigenvalue weighted by Gasteiger charge is -2.50. The van der Waals surface area contributed by atoms with Crippen LogP contribution in [0.25, 0.3) is 0 Å². The smallest absolute Gasteiger partial charge is 0.242 e. The van der Waals surface area contributed by atoms with Crippen LogP contribution in [0.3, 0.4) is 0 Å². The maximum Gasteiger partial charge on any atom is 0.242 e. The van der Waals surface area contributed by atoms with Gasteiger partial charge in [0.25, 0.3) is 0 Å². The average Bonchev–Trinajstić information content (AvgIpc) is 2.44. The second-order valence-electron chi connectivity index (χ2n) is 9.78. The fourth-order valence-electron chi connectivity index (χ4n) is 4.46. The van der Waals surface area contributed by atoms with Crippen molar-refractivity contribution in [1.82, 2.24) is 20.4 Å². The predicted molar refractivity (Wildman–Crippen MR) is 100 cm³/mol. The number of rotatable bonds is 4. The molecule has 2 rings (SSSR count). The Morgan fingerprint density at radius 3 is 1.72 bits per heavy atom. The SMILES string of the molecule is CCC1(C)NC(C)(C)CN(CCN2CC(C)(C)NC(C)(C)C2=O)C1=O. The number of hydrogen-bond acceptors (Lipinski definition) is 4. The van der Waals surface area contributed by atoms with E-state index in [2.05, 4.69) is 38.3 Å². The first-order chi connectivity index (χ1) is 11.2. The normalized spacial score (nSPS) is 31.4. The highest BCUT2D eigenvalue weighted by Gasteiger charge is 2.46. The molecule has 2 fully saturated rings. The fourth-order valence-corrected chi connectivity index (χ4v) is 4.46. The molecule has 1 atom stereocenters. The van der Waals surface area contributed by atoms with Gasteiger partial charge in [-0.25, -0.2) is 0 Å². The highest BCUT2D eigenvalue weighted by Crippen LogP contribution is 2.26. The van der Waals surface area contributed by atoms with E-state index in [0.29, 0.717) is 26.2 Å². The quantitative estimate of drug-likeness (QED) is 0.802. The monoisotopic (exact) mass is 352 g/mol. The molecule has 6 heteroatoms. The third-order valence-corrected chi connectivity index (χ3v) is 5.37. The van der Waals surface area contributed by atoms with Crippen molar-refractivity contribution in [2.24, 2.45) is 0 Å². The Morgan fingerprint density at radius 1 is 0.800 bits per heavy atom. The maximum absolute atomic E-state index is 12.9. The number of carbonyl (C=O) groups excluding carboxylic acids is 2. The minimum atomic E-state index is -0.577. The van der Waals surface area contributed by atoms with E-state index in [9.17, 15) is 9.59 Å². The van der Waals surface area contributed by atoms with Crippen molar-refractivity contribution in [1.29, 1.82) is 0 Å². The predicted octanol–water partition coefficient (Wildman–Crippen LogP) is 1.35. The third-order valence-electron chi connectivity index (χ3n) is 5.37. The molecule has 0 saturated carbocycles. The van der Waals surface area contributed by atoms with Gasteiger partial charge in [-0.05, 0) is 54.9 Å². The minimum absolute atomic E-state index is 0.104. The van der Waals surface area contributed by atoms with Crippen LogP contribution < -0.4 is 10.6 Å². The molecular weight excluding hydrogens is 316 g/mol. The van der Waals surface area contributed by atoms with Gasteiger partial charge in [0.15, 0.2) is 0 Å². The summed E-state index contributed by atoms with van der Waals surface area (Å²) in [5.74, 6) is 0.238. The van der Waals surface area contributed by atoms with Crippen LogP contribution in [0.4, 0.5) is 0 Å². The van der Waals surface area contributed by atoms with Crippen molar-refractivity contribution < 1.29 is 9.59 Å². The van der Waals surface area contributed by atoms with Crippen molar-refractivity contribution >= 4 is 11.8 Å². The van der Waals surface area contributed by atoms with Crippen molar-refractivity contribution in [3.05, 3.63) is 0 Å². The summed E-state index contributed by atoms with van der Waals surface area (Å²) in [6, 6.07) is 0. The Balaban J connectivity index is 2.11. The molecule has 2 saturated heterocycles. The van der Waals surface area contributed by atoms with Gasteiger partial charge in [-0.3, -0.25) is 20.2 Å². The van der Waals surface area contributed by atoms with Crippen molar-refractivity contribution in [2.45, 2.75) is 84.0 Å². The van der Waals surface area contributed by atoms with Gasteiger partial charge in [0.05, 0.1) is 11.1 Å². The molecule has 0 aliphatic carbocycles. The molecule has 0 aromatic rings. The molecular formula is C19H36N4O2. The third kappa shape index (κ3) is 4.17. The van der Waals surface area contributed by atoms with Crippen LogP contribution in [-0.4, -0.2) is 69.9 Å². The van der Waals surface area contributed by atoms with E-state index in [1.165, 1.54) is 0 Å². The zero-order chi connectivity index (χ0) is 19.3. The molecule has 0 bridgehead atoms. The maximum atomic E-state index is 12.9. The molecule has 2 amide bonds. The van der Waals surface area contributed by atoms with Gasteiger partial charge in [-0.15, -0.1) is 0 Å². The Hall–Kier alpha value is -1.14. The summed E-state index contributed by atoms with van der Waals surface area (Å²) in [6.07, 6.45) is 0.748. The van der Waals surface area contributed by atoms with Crippen LogP contribution in [0.5, 0.6) is 0 Å². The highest BCUT2D eigenvalue weighted by molar-refractivity contribution is 5.88. The number of nitrogens with zero attached hydrogens (tertiary/aromatic N) is 2. The van der Waals surface area contributed by atoms with E-state index in [0.717, 1.165) is 6.42 Å². The second kappa shape index (κ2) is 6.23. The molecule has 6 nitrogen and oxygen atoms in total. The van der Waals surface area contributed by atoms with Crippen LogP contribution in [0.2, 0.25) is 0 Å². The number of carbonyl (C=O) groups is 2. The van der Waals surface area contributed by atoms with E-state index in [-0.39, 0.29) is 22.9 Å². The zero-order valence-electron chi connectivity index (χ0n) is 17.2. The zero-order valence-corrected chi connectivity index (χ0v) is 17.2. The highest BCUT2D eigenvalue weighted by atomic mass is 16.2. The van der Waals surface area contributed by atoms with Crippen molar-refractivity contribution in [2.75, 3.05) is 26.2 Å². The summed E-state index contributed by atoms with van der Waals surface area (Å²) in [4.78, 5) is 29.5. The van der Waals surface area contributed by atoms with Gasteiger partial charge < -0.3 is 9.80 Å². The Morgan fingerprint density at radius 2 is 1.24 bits per heavy atom. The Labute approximate surface area is 152 Å². The van der Waals surface area contributed by atoms with Gasteiger partial charge >= 0.3 is 0 Å². The number of nitrogens with one attached hydrogen (secondary N) is 2. The summed E-state index contributed by atoms with van der Waals surface area (Å²) in [7, 11) is 0. The van der Waals surface area contributed by atoms with Gasteiger partial charge in [-0.2, -0.15) is 0 Å². The molecule has 2 aliphatic heterocycles. The van der Waals surface area contributed by atoms with E-state index >= 15 is 0 Å². The van der Waals surface area contributed by atoms with Crippen molar-refractivity contribution in [3.8, 4) is 0 Å². The standard InChI is InChI=1S/C19H36N4O2/c1-9-19(8)15(25)23(13-17(4,5)21-19)11-10-22-12-16(2,3)20-18(6,7)14(22)24/h20-21H,9-13H2,1-8H3. The summed E-state index contributed by atoms with van der Waals surface area (Å²) < 4.78 is 0. The van der Waals surface area contributed by atoms with Crippen LogP contribution in [-0.2, 0) is 9.59 Å². The van der Waals surface area contributed by atoms with Crippen LogP contribution >= 0.6 is 0 Å². The molecule has 2 N–H and O–H groups in total. The van der Waals surface area contributed by atoms with Crippen molar-refractivity contribution in [3.63, 3.8) is 0 Å². The van der Waals surface area contributed by atoms with Crippen LogP contribution in [0, 0.1) is 0 Å². The molecule has 25 heavy (non-hydrogen) atoms.